The summed E-state index contributed by atoms with van der Waals surface area (Å²) in [5, 5.41) is 233. The Bertz CT molecular complexity index is 2200. The first-order valence-corrected chi connectivity index (χ1v) is 30.4. The maximum atomic E-state index is 11.7. The predicted molar refractivity (Wildman–Crippen MR) is 280 cm³/mol. The van der Waals surface area contributed by atoms with Crippen molar-refractivity contribution in [2.45, 2.75) is 227 Å². The number of carboxylic acid groups (broad SMARTS) is 2. The van der Waals surface area contributed by atoms with Crippen LogP contribution in [0, 0.1) is 0 Å². The molecule has 37 atom stereocenters. The van der Waals surface area contributed by atoms with Crippen molar-refractivity contribution in [1.29, 1.82) is 0 Å². The van der Waals surface area contributed by atoms with Crippen molar-refractivity contribution in [3.63, 3.8) is 0 Å². The van der Waals surface area contributed by atoms with Crippen molar-refractivity contribution >= 4 is 35.5 Å². The van der Waals surface area contributed by atoms with E-state index in [4.69, 9.17) is 77.8 Å². The molecule has 21 aliphatic heterocycles. The van der Waals surface area contributed by atoms with Crippen LogP contribution in [0.2, 0.25) is 0 Å². The molecular weight excluding hydrogens is 1260 g/mol. The number of carboxylic acids is 2. The SMILES string of the molecule is N[C@H](CSCC1O[C@@H]2O[C@@H]3C(CO)O[C@@H](O[C@@H]4C(CO)O[C@@H](O[C@@H]5C(CSC[C@@H](N)C(=O)O)O[C@@H](O[C@@H]6C(CO)O[C@@H](O[C@@H]7C(CO)O[C@H](O[C@@H]8C(CO)O[C@H](O[C@H]1[C@H](O)C2O)C(O)C8O)C(O)C7O)C(O)C6O)C(O)[C@H]5O)C(O)[C@H]4O)C(O)C3O)C(=O)O. The Balaban J connectivity index is 1.11. The highest BCUT2D eigenvalue weighted by atomic mass is 32.2. The van der Waals surface area contributed by atoms with Crippen LogP contribution in [0.1, 0.15) is 0 Å². The van der Waals surface area contributed by atoms with E-state index < -0.39 is 284 Å². The van der Waals surface area contributed by atoms with Crippen LogP contribution in [0.15, 0.2) is 0 Å². The number of hydrogen-bond acceptors (Lipinski definition) is 39. The first-order valence-electron chi connectivity index (χ1n) is 28.1. The van der Waals surface area contributed by atoms with Gasteiger partial charge in [-0.1, -0.05) is 0 Å². The summed E-state index contributed by atoms with van der Waals surface area (Å²) in [7, 11) is 0. The van der Waals surface area contributed by atoms with Gasteiger partial charge in [0.1, 0.15) is 171 Å². The number of nitrogens with two attached hydrogens (primary N) is 2. The van der Waals surface area contributed by atoms with E-state index in [1.165, 1.54) is 0 Å². The second kappa shape index (κ2) is 31.9. The maximum Gasteiger partial charge on any atom is 0.321 e. The highest BCUT2D eigenvalue weighted by Gasteiger charge is 2.60. The normalized spacial score (nSPS) is 50.1. The molecule has 0 aromatic rings. The molecule has 89 heavy (non-hydrogen) atoms. The van der Waals surface area contributed by atoms with Crippen molar-refractivity contribution in [2.24, 2.45) is 11.5 Å². The molecule has 21 saturated heterocycles. The topological polar surface area (TPSA) is 640 Å². The van der Waals surface area contributed by atoms with Gasteiger partial charge in [0.25, 0.3) is 0 Å². The van der Waals surface area contributed by atoms with Gasteiger partial charge in [0.2, 0.25) is 0 Å². The van der Waals surface area contributed by atoms with Crippen LogP contribution < -0.4 is 11.5 Å². The summed E-state index contributed by atoms with van der Waals surface area (Å²) in [6, 6.07) is -2.94. The van der Waals surface area contributed by atoms with E-state index in [0.717, 1.165) is 23.5 Å². The zero-order chi connectivity index (χ0) is 65.2. The van der Waals surface area contributed by atoms with Crippen LogP contribution in [0.3, 0.4) is 0 Å². The van der Waals surface area contributed by atoms with Gasteiger partial charge < -0.3 is 185 Å². The van der Waals surface area contributed by atoms with Crippen LogP contribution in [-0.4, -0.2) is 402 Å². The number of carbonyl (C=O) groups is 2. The molecule has 0 aromatic heterocycles. The van der Waals surface area contributed by atoms with Gasteiger partial charge in [0.05, 0.1) is 45.2 Å². The van der Waals surface area contributed by atoms with Crippen LogP contribution in [0.5, 0.6) is 0 Å². The molecule has 0 aromatic carbocycles. The number of aliphatic hydroxyl groups excluding tert-OH is 19. The molecule has 0 saturated carbocycles. The van der Waals surface area contributed by atoms with E-state index in [0.29, 0.717) is 0 Å². The molecule has 0 amide bonds. The van der Waals surface area contributed by atoms with E-state index in [1.807, 2.05) is 0 Å². The van der Waals surface area contributed by atoms with E-state index in [2.05, 4.69) is 0 Å². The van der Waals surface area contributed by atoms with Gasteiger partial charge in [-0.3, -0.25) is 9.59 Å². The number of aliphatic carboxylic acids is 2. The maximum absolute atomic E-state index is 11.7. The van der Waals surface area contributed by atoms with Crippen molar-refractivity contribution in [3.8, 4) is 0 Å². The molecule has 39 nitrogen and oxygen atoms in total. The van der Waals surface area contributed by atoms with Crippen LogP contribution >= 0.6 is 23.5 Å². The first kappa shape index (κ1) is 73.1. The van der Waals surface area contributed by atoms with E-state index in [-0.39, 0.29) is 11.5 Å². The summed E-state index contributed by atoms with van der Waals surface area (Å²) >= 11 is 1.60. The van der Waals surface area contributed by atoms with Gasteiger partial charge >= 0.3 is 11.9 Å². The van der Waals surface area contributed by atoms with Crippen molar-refractivity contribution in [3.05, 3.63) is 0 Å². The minimum Gasteiger partial charge on any atom is -0.480 e. The molecule has 21 heterocycles. The Labute approximate surface area is 511 Å². The van der Waals surface area contributed by atoms with Gasteiger partial charge in [-0.05, 0) is 0 Å². The predicted octanol–water partition coefficient (Wildman–Crippen LogP) is -14.9. The first-order chi connectivity index (χ1) is 42.2. The minimum atomic E-state index is -2.27. The number of thioether (sulfide) groups is 2. The molecule has 516 valence electrons. The fraction of sp³-hybridized carbons (Fsp3) is 0.958. The molecule has 18 unspecified atom stereocenters. The van der Waals surface area contributed by atoms with Crippen LogP contribution in [0.25, 0.3) is 0 Å². The Hall–Kier alpha value is -1.76. The number of ether oxygens (including phenoxy) is 14. The summed E-state index contributed by atoms with van der Waals surface area (Å²) in [5.41, 5.74) is 11.4. The standard InChI is InChI=1S/C48H80N2O37S2/c49-10(40(70)71)6-88-8-17-38-25(62)32(69)48(80-17)85-37-16(5-55)76-44(28(65)21(37)58)83-35-14(3-53)78-46(30(67)23(35)60)87-39-18(9-89-7-11(50)41(72)73)79-47(31(68)24(39)61)84-36-15(4-54)75-43(27(64)20(36)57)81-33-12(1-51)74-42(26(63)19(33)56)82-34-13(2-52)77-45(86-38)29(66)22(34)59/h10-39,42-48,51-69H,1-9,49-50H2,(H,70,71)(H,72,73)/t10-,11-,12?,13?,14?,15?,16?,17?,18?,19?,20?,21?,22?,23-,24-,25-,26?,27?,28?,29?,30?,31?,32?,33-,34-,35-,36-,37-,38-,39-,42-,43+,44+,45-,46+,47+,48-/m1/s1. The molecule has 21 fully saturated rings. The Morgan fingerprint density at radius 1 is 0.281 bits per heavy atom. The summed E-state index contributed by atoms with van der Waals surface area (Å²) in [6.45, 7) is -5.43. The zero-order valence-electron chi connectivity index (χ0n) is 46.6. The highest BCUT2D eigenvalue weighted by Crippen LogP contribution is 2.40. The second-order valence-corrected chi connectivity index (χ2v) is 24.4. The molecule has 0 radical (unpaired) electrons. The Morgan fingerprint density at radius 3 is 0.596 bits per heavy atom. The van der Waals surface area contributed by atoms with E-state index in [1.54, 1.807) is 0 Å². The zero-order valence-corrected chi connectivity index (χ0v) is 48.3. The van der Waals surface area contributed by atoms with Gasteiger partial charge in [-0.2, -0.15) is 23.5 Å². The van der Waals surface area contributed by atoms with Crippen molar-refractivity contribution in [2.75, 3.05) is 56.0 Å². The van der Waals surface area contributed by atoms with Crippen molar-refractivity contribution in [1.82, 2.24) is 0 Å². The summed E-state index contributed by atoms with van der Waals surface area (Å²) in [6.07, 6.45) is -71.4. The molecular formula is C48H80N2O37S2. The second-order valence-electron chi connectivity index (χ2n) is 22.3. The number of aliphatic hydroxyl groups is 19. The summed E-state index contributed by atoms with van der Waals surface area (Å²) in [4.78, 5) is 23.2. The molecule has 21 aliphatic rings. The van der Waals surface area contributed by atoms with Crippen molar-refractivity contribution < 1.29 is 183 Å². The number of rotatable bonds is 15. The third-order valence-corrected chi connectivity index (χ3v) is 18.5. The Morgan fingerprint density at radius 2 is 0.438 bits per heavy atom. The van der Waals surface area contributed by atoms with Gasteiger partial charge in [-0.15, -0.1) is 0 Å². The quantitative estimate of drug-likeness (QED) is 0.0724. The lowest BCUT2D eigenvalue weighted by molar-refractivity contribution is -0.395. The van der Waals surface area contributed by atoms with Crippen LogP contribution in [0.4, 0.5) is 0 Å². The van der Waals surface area contributed by atoms with Gasteiger partial charge in [-0.25, -0.2) is 0 Å². The monoisotopic (exact) mass is 1340 g/mol. The lowest BCUT2D eigenvalue weighted by Crippen LogP contribution is -2.68. The average Bonchev–Trinajstić information content (AvgIpc) is 0.983. The third kappa shape index (κ3) is 15.9. The third-order valence-electron chi connectivity index (χ3n) is 16.2. The lowest BCUT2D eigenvalue weighted by atomic mass is 9.95. The molecule has 14 bridgehead atoms. The number of hydrogen-bond donors (Lipinski definition) is 23. The summed E-state index contributed by atoms with van der Waals surface area (Å²) in [5.74, 6) is -4.26. The fourth-order valence-electron chi connectivity index (χ4n) is 11.2. The summed E-state index contributed by atoms with van der Waals surface area (Å²) < 4.78 is 81.6. The van der Waals surface area contributed by atoms with Gasteiger partial charge in [0.15, 0.2) is 44.0 Å². The van der Waals surface area contributed by atoms with E-state index >= 15 is 0 Å². The highest BCUT2D eigenvalue weighted by molar-refractivity contribution is 7.99. The van der Waals surface area contributed by atoms with Gasteiger partial charge in [0, 0.05) is 23.0 Å². The molecule has 41 heteroatoms. The molecule has 0 aliphatic carbocycles. The van der Waals surface area contributed by atoms with E-state index in [9.17, 15) is 117 Å². The smallest absolute Gasteiger partial charge is 0.321 e. The fourth-order valence-corrected chi connectivity index (χ4v) is 13.2. The minimum absolute atomic E-state index is 0.319. The lowest BCUT2D eigenvalue weighted by Gasteiger charge is -2.50. The molecule has 25 N–H and O–H groups in total. The average molecular weight is 1340 g/mol. The van der Waals surface area contributed by atoms with Crippen LogP contribution in [-0.2, 0) is 75.9 Å². The molecule has 0 spiro atoms. The Kier molecular flexibility index (Phi) is 26.2. The largest absolute Gasteiger partial charge is 0.480 e. The molecule has 21 rings (SSSR count).